The molecular formula is C21H25N5O2. The van der Waals surface area contributed by atoms with Gasteiger partial charge in [0.2, 0.25) is 11.7 Å². The minimum Gasteiger partial charge on any atom is -0.359 e. The largest absolute Gasteiger partial charge is 0.359 e. The number of rotatable bonds is 5. The van der Waals surface area contributed by atoms with Crippen molar-refractivity contribution in [3.63, 3.8) is 0 Å². The van der Waals surface area contributed by atoms with Gasteiger partial charge in [-0.2, -0.15) is 0 Å². The van der Waals surface area contributed by atoms with Gasteiger partial charge in [0.05, 0.1) is 5.41 Å². The van der Waals surface area contributed by atoms with Gasteiger partial charge in [-0.25, -0.2) is 9.97 Å². The van der Waals surface area contributed by atoms with Crippen LogP contribution < -0.4 is 10.6 Å². The summed E-state index contributed by atoms with van der Waals surface area (Å²) >= 11 is 0. The average molecular weight is 379 g/mol. The number of carbonyl (C=O) groups excluding carboxylic acids is 2. The quantitative estimate of drug-likeness (QED) is 0.816. The normalized spacial score (nSPS) is 26.6. The third-order valence-electron chi connectivity index (χ3n) is 5.98. The monoisotopic (exact) mass is 379 g/mol. The molecule has 146 valence electrons. The predicted octanol–water partition coefficient (Wildman–Crippen LogP) is 1.23. The van der Waals surface area contributed by atoms with E-state index in [1.807, 2.05) is 18.2 Å². The zero-order valence-electron chi connectivity index (χ0n) is 16.0. The van der Waals surface area contributed by atoms with Crippen LogP contribution in [0.4, 0.5) is 0 Å². The molecule has 0 radical (unpaired) electrons. The molecule has 28 heavy (non-hydrogen) atoms. The van der Waals surface area contributed by atoms with E-state index in [0.29, 0.717) is 13.0 Å². The Morgan fingerprint density at radius 1 is 1.18 bits per heavy atom. The highest BCUT2D eigenvalue weighted by atomic mass is 16.2. The van der Waals surface area contributed by atoms with Crippen molar-refractivity contribution in [1.29, 1.82) is 0 Å². The Kier molecular flexibility index (Phi) is 5.09. The van der Waals surface area contributed by atoms with Gasteiger partial charge in [-0.1, -0.05) is 30.3 Å². The molecule has 2 N–H and O–H groups in total. The van der Waals surface area contributed by atoms with Gasteiger partial charge in [-0.15, -0.1) is 0 Å². The van der Waals surface area contributed by atoms with E-state index >= 15 is 0 Å². The van der Waals surface area contributed by atoms with Gasteiger partial charge in [0.25, 0.3) is 5.91 Å². The van der Waals surface area contributed by atoms with Crippen molar-refractivity contribution in [3.8, 4) is 0 Å². The first-order valence-electron chi connectivity index (χ1n) is 9.67. The van der Waals surface area contributed by atoms with Gasteiger partial charge in [0.15, 0.2) is 0 Å². The summed E-state index contributed by atoms with van der Waals surface area (Å²) in [6, 6.07) is 12.0. The molecule has 1 aromatic carbocycles. The van der Waals surface area contributed by atoms with Crippen LogP contribution in [0.25, 0.3) is 0 Å². The smallest absolute Gasteiger partial charge is 0.289 e. The van der Waals surface area contributed by atoms with Crippen LogP contribution in [0, 0.1) is 11.3 Å². The lowest BCUT2D eigenvalue weighted by Gasteiger charge is -2.27. The number of nitrogens with one attached hydrogen (secondary N) is 2. The Morgan fingerprint density at radius 2 is 1.93 bits per heavy atom. The van der Waals surface area contributed by atoms with E-state index in [0.717, 1.165) is 19.5 Å². The van der Waals surface area contributed by atoms with E-state index in [4.69, 9.17) is 0 Å². The third-order valence-corrected chi connectivity index (χ3v) is 5.98. The number of hydrogen-bond donors (Lipinski definition) is 2. The zero-order chi connectivity index (χ0) is 19.6. The van der Waals surface area contributed by atoms with E-state index in [-0.39, 0.29) is 29.6 Å². The SMILES string of the molecule is CNC(=O)[C@]12C[C@@H](NC(=O)c3ncccn3)C[C@H]1CN(Cc1ccccc1)C2. The average Bonchev–Trinajstić information content (AvgIpc) is 3.22. The molecule has 0 unspecified atom stereocenters. The molecule has 2 amide bonds. The standard InChI is InChI=1S/C21H25N5O2/c1-22-20(28)21-11-17(25-19(27)18-23-8-5-9-24-18)10-16(21)13-26(14-21)12-15-6-3-2-4-7-15/h2-9,16-17H,10-14H2,1H3,(H,22,28)(H,25,27)/t16-,17-,21-/m0/s1. The lowest BCUT2D eigenvalue weighted by atomic mass is 9.80. The number of nitrogens with zero attached hydrogens (tertiary/aromatic N) is 3. The van der Waals surface area contributed by atoms with Crippen molar-refractivity contribution >= 4 is 11.8 Å². The van der Waals surface area contributed by atoms with Gasteiger partial charge in [-0.05, 0) is 30.4 Å². The molecule has 4 rings (SSSR count). The number of carbonyl (C=O) groups is 2. The molecule has 1 saturated carbocycles. The summed E-state index contributed by atoms with van der Waals surface area (Å²) in [4.78, 5) is 35.6. The highest BCUT2D eigenvalue weighted by Crippen LogP contribution is 2.49. The fourth-order valence-corrected chi connectivity index (χ4v) is 4.81. The van der Waals surface area contributed by atoms with Crippen molar-refractivity contribution in [1.82, 2.24) is 25.5 Å². The Morgan fingerprint density at radius 3 is 2.64 bits per heavy atom. The third kappa shape index (κ3) is 3.49. The number of aromatic nitrogens is 2. The second-order valence-electron chi connectivity index (χ2n) is 7.77. The highest BCUT2D eigenvalue weighted by molar-refractivity contribution is 5.91. The summed E-state index contributed by atoms with van der Waals surface area (Å²) < 4.78 is 0. The van der Waals surface area contributed by atoms with Crippen LogP contribution in [-0.4, -0.2) is 52.9 Å². The van der Waals surface area contributed by atoms with Crippen LogP contribution in [-0.2, 0) is 11.3 Å². The number of amides is 2. The fourth-order valence-electron chi connectivity index (χ4n) is 4.81. The fraction of sp³-hybridized carbons (Fsp3) is 0.429. The van der Waals surface area contributed by atoms with Crippen LogP contribution in [0.2, 0.25) is 0 Å². The molecule has 0 spiro atoms. The summed E-state index contributed by atoms with van der Waals surface area (Å²) in [5.41, 5.74) is 0.791. The first-order chi connectivity index (χ1) is 13.6. The minimum absolute atomic E-state index is 0.0440. The summed E-state index contributed by atoms with van der Waals surface area (Å²) in [5, 5.41) is 5.89. The van der Waals surface area contributed by atoms with Gasteiger partial charge in [-0.3, -0.25) is 14.5 Å². The van der Waals surface area contributed by atoms with Crippen LogP contribution >= 0.6 is 0 Å². The molecule has 1 saturated heterocycles. The molecule has 1 aliphatic carbocycles. The number of benzene rings is 1. The topological polar surface area (TPSA) is 87.2 Å². The van der Waals surface area contributed by atoms with E-state index in [2.05, 4.69) is 37.6 Å². The first kappa shape index (κ1) is 18.6. The second kappa shape index (κ2) is 7.67. The van der Waals surface area contributed by atoms with Gasteiger partial charge < -0.3 is 10.6 Å². The van der Waals surface area contributed by atoms with Gasteiger partial charge >= 0.3 is 0 Å². The zero-order valence-corrected chi connectivity index (χ0v) is 16.0. The minimum atomic E-state index is -0.459. The summed E-state index contributed by atoms with van der Waals surface area (Å²) in [5.74, 6) is 0.178. The van der Waals surface area contributed by atoms with E-state index in [1.54, 1.807) is 25.5 Å². The van der Waals surface area contributed by atoms with Crippen molar-refractivity contribution in [3.05, 3.63) is 60.2 Å². The lowest BCUT2D eigenvalue weighted by molar-refractivity contribution is -0.131. The molecular weight excluding hydrogens is 354 g/mol. The Hall–Kier alpha value is -2.80. The number of fused-ring (bicyclic) bond motifs is 1. The Balaban J connectivity index is 1.46. The predicted molar refractivity (Wildman–Crippen MR) is 104 cm³/mol. The summed E-state index contributed by atoms with van der Waals surface area (Å²) in [7, 11) is 1.69. The van der Waals surface area contributed by atoms with Gasteiger partial charge in [0, 0.05) is 45.1 Å². The van der Waals surface area contributed by atoms with Crippen LogP contribution in [0.15, 0.2) is 48.8 Å². The van der Waals surface area contributed by atoms with Crippen molar-refractivity contribution in [2.75, 3.05) is 20.1 Å². The van der Waals surface area contributed by atoms with Crippen LogP contribution in [0.1, 0.15) is 29.0 Å². The molecule has 2 fully saturated rings. The lowest BCUT2D eigenvalue weighted by Crippen LogP contribution is -2.44. The molecule has 2 aliphatic rings. The van der Waals surface area contributed by atoms with Crippen LogP contribution in [0.5, 0.6) is 0 Å². The van der Waals surface area contributed by atoms with Crippen molar-refractivity contribution < 1.29 is 9.59 Å². The molecule has 7 nitrogen and oxygen atoms in total. The van der Waals surface area contributed by atoms with E-state index < -0.39 is 5.41 Å². The summed E-state index contributed by atoms with van der Waals surface area (Å²) in [6.07, 6.45) is 4.54. The maximum Gasteiger partial charge on any atom is 0.289 e. The van der Waals surface area contributed by atoms with Crippen LogP contribution in [0.3, 0.4) is 0 Å². The van der Waals surface area contributed by atoms with Crippen molar-refractivity contribution in [2.24, 2.45) is 11.3 Å². The van der Waals surface area contributed by atoms with Crippen molar-refractivity contribution in [2.45, 2.75) is 25.4 Å². The number of hydrogen-bond acceptors (Lipinski definition) is 5. The first-order valence-corrected chi connectivity index (χ1v) is 9.67. The maximum atomic E-state index is 12.8. The molecule has 7 heteroatoms. The second-order valence-corrected chi connectivity index (χ2v) is 7.77. The molecule has 2 heterocycles. The molecule has 0 bridgehead atoms. The van der Waals surface area contributed by atoms with E-state index in [1.165, 1.54) is 5.56 Å². The molecule has 1 aliphatic heterocycles. The molecule has 3 atom stereocenters. The number of likely N-dealkylation sites (tertiary alicyclic amines) is 1. The maximum absolute atomic E-state index is 12.8. The highest BCUT2D eigenvalue weighted by Gasteiger charge is 2.57. The molecule has 2 aromatic rings. The van der Waals surface area contributed by atoms with Gasteiger partial charge in [0.1, 0.15) is 0 Å². The summed E-state index contributed by atoms with van der Waals surface area (Å²) in [6.45, 7) is 2.40. The van der Waals surface area contributed by atoms with E-state index in [9.17, 15) is 9.59 Å². The Bertz CT molecular complexity index is 844. The Labute approximate surface area is 164 Å². The molecule has 1 aromatic heterocycles.